The summed E-state index contributed by atoms with van der Waals surface area (Å²) in [6, 6.07) is 14.6. The van der Waals surface area contributed by atoms with Gasteiger partial charge in [0.25, 0.3) is 5.91 Å². The van der Waals surface area contributed by atoms with Crippen molar-refractivity contribution in [2.45, 2.75) is 13.8 Å². The van der Waals surface area contributed by atoms with Gasteiger partial charge in [-0.2, -0.15) is 0 Å². The molecule has 0 unspecified atom stereocenters. The van der Waals surface area contributed by atoms with Crippen molar-refractivity contribution >= 4 is 28.4 Å². The summed E-state index contributed by atoms with van der Waals surface area (Å²) >= 11 is 0. The minimum atomic E-state index is -0.279. The number of aromatic nitrogens is 1. The highest BCUT2D eigenvalue weighted by molar-refractivity contribution is 6.14. The number of para-hydroxylation sites is 3. The summed E-state index contributed by atoms with van der Waals surface area (Å²) < 4.78 is 7.02. The van der Waals surface area contributed by atoms with Crippen LogP contribution in [0.3, 0.4) is 0 Å². The maximum atomic E-state index is 12.7. The number of nitrogens with zero attached hydrogens (tertiary/aromatic N) is 1. The molecule has 1 amide bonds. The zero-order valence-corrected chi connectivity index (χ0v) is 13.6. The van der Waals surface area contributed by atoms with E-state index in [4.69, 9.17) is 4.74 Å². The number of hydrogen-bond acceptors (Lipinski definition) is 3. The first-order valence-corrected chi connectivity index (χ1v) is 7.76. The van der Waals surface area contributed by atoms with Gasteiger partial charge in [-0.3, -0.25) is 14.2 Å². The van der Waals surface area contributed by atoms with Crippen molar-refractivity contribution in [3.63, 3.8) is 0 Å². The number of fused-ring (bicyclic) bond motifs is 1. The van der Waals surface area contributed by atoms with Crippen LogP contribution in [-0.4, -0.2) is 23.0 Å². The van der Waals surface area contributed by atoms with Gasteiger partial charge < -0.3 is 10.1 Å². The lowest BCUT2D eigenvalue weighted by Gasteiger charge is -2.10. The molecule has 0 saturated carbocycles. The molecule has 1 N–H and O–H groups in total. The minimum absolute atomic E-state index is 0.139. The van der Waals surface area contributed by atoms with E-state index in [0.717, 1.165) is 5.39 Å². The first-order valence-electron chi connectivity index (χ1n) is 7.76. The molecule has 0 atom stereocenters. The topological polar surface area (TPSA) is 60.3 Å². The summed E-state index contributed by atoms with van der Waals surface area (Å²) in [5, 5.41) is 3.60. The predicted molar refractivity (Wildman–Crippen MR) is 93.8 cm³/mol. The van der Waals surface area contributed by atoms with Crippen LogP contribution in [0.15, 0.2) is 54.7 Å². The highest BCUT2D eigenvalue weighted by Gasteiger charge is 2.17. The molecule has 0 spiro atoms. The van der Waals surface area contributed by atoms with Crippen LogP contribution in [0.25, 0.3) is 10.9 Å². The Morgan fingerprint density at radius 1 is 1.08 bits per heavy atom. The molecule has 122 valence electrons. The fraction of sp³-hybridized carbons (Fsp3) is 0.158. The van der Waals surface area contributed by atoms with E-state index in [9.17, 15) is 9.59 Å². The monoisotopic (exact) mass is 322 g/mol. The van der Waals surface area contributed by atoms with Gasteiger partial charge in [0.2, 0.25) is 5.91 Å². The van der Waals surface area contributed by atoms with Crippen LogP contribution < -0.4 is 10.1 Å². The molecule has 0 aliphatic heterocycles. The van der Waals surface area contributed by atoms with E-state index in [-0.39, 0.29) is 11.8 Å². The van der Waals surface area contributed by atoms with Crippen LogP contribution in [0.5, 0.6) is 5.75 Å². The van der Waals surface area contributed by atoms with Crippen molar-refractivity contribution in [3.8, 4) is 5.75 Å². The summed E-state index contributed by atoms with van der Waals surface area (Å²) in [5.41, 5.74) is 1.77. The van der Waals surface area contributed by atoms with Crippen molar-refractivity contribution < 1.29 is 14.3 Å². The molecule has 0 aliphatic carbocycles. The predicted octanol–water partition coefficient (Wildman–Crippen LogP) is 3.95. The van der Waals surface area contributed by atoms with Gasteiger partial charge in [-0.15, -0.1) is 0 Å². The van der Waals surface area contributed by atoms with Gasteiger partial charge in [0.05, 0.1) is 23.4 Å². The second kappa shape index (κ2) is 6.58. The van der Waals surface area contributed by atoms with Crippen LogP contribution in [0, 0.1) is 0 Å². The van der Waals surface area contributed by atoms with E-state index >= 15 is 0 Å². The third-order valence-electron chi connectivity index (χ3n) is 3.73. The van der Waals surface area contributed by atoms with Crippen LogP contribution >= 0.6 is 0 Å². The smallest absolute Gasteiger partial charge is 0.257 e. The van der Waals surface area contributed by atoms with Crippen molar-refractivity contribution in [3.05, 3.63) is 60.3 Å². The Bertz CT molecular complexity index is 912. The number of rotatable bonds is 4. The van der Waals surface area contributed by atoms with E-state index < -0.39 is 0 Å². The molecule has 0 aliphatic rings. The molecule has 3 aromatic rings. The summed E-state index contributed by atoms with van der Waals surface area (Å²) in [4.78, 5) is 24.5. The fourth-order valence-corrected chi connectivity index (χ4v) is 2.66. The number of anilines is 1. The third kappa shape index (κ3) is 2.88. The van der Waals surface area contributed by atoms with Gasteiger partial charge in [-0.1, -0.05) is 30.3 Å². The Hall–Kier alpha value is -3.08. The third-order valence-corrected chi connectivity index (χ3v) is 3.73. The molecule has 0 radical (unpaired) electrons. The van der Waals surface area contributed by atoms with E-state index in [0.29, 0.717) is 29.1 Å². The number of carbonyl (C=O) groups is 2. The van der Waals surface area contributed by atoms with Crippen molar-refractivity contribution in [2.75, 3.05) is 11.9 Å². The zero-order chi connectivity index (χ0) is 17.1. The average molecular weight is 322 g/mol. The molecule has 0 fully saturated rings. The summed E-state index contributed by atoms with van der Waals surface area (Å²) in [6.45, 7) is 3.87. The lowest BCUT2D eigenvalue weighted by Crippen LogP contribution is -2.13. The van der Waals surface area contributed by atoms with Gasteiger partial charge in [-0.05, 0) is 25.1 Å². The van der Waals surface area contributed by atoms with Crippen molar-refractivity contribution in [1.29, 1.82) is 0 Å². The molecule has 0 bridgehead atoms. The van der Waals surface area contributed by atoms with Crippen molar-refractivity contribution in [1.82, 2.24) is 4.57 Å². The maximum absolute atomic E-state index is 12.7. The summed E-state index contributed by atoms with van der Waals surface area (Å²) in [5.74, 6) is 0.196. The molecular formula is C19H18N2O3. The molecular weight excluding hydrogens is 304 g/mol. The first-order chi connectivity index (χ1) is 11.6. The molecule has 5 heteroatoms. The van der Waals surface area contributed by atoms with Gasteiger partial charge in [-0.25, -0.2) is 0 Å². The lowest BCUT2D eigenvalue weighted by atomic mass is 10.1. The van der Waals surface area contributed by atoms with E-state index in [2.05, 4.69) is 5.32 Å². The lowest BCUT2D eigenvalue weighted by molar-refractivity contribution is 0.0941. The Labute approximate surface area is 139 Å². The largest absolute Gasteiger partial charge is 0.492 e. The molecule has 1 heterocycles. The molecule has 2 aromatic carbocycles. The molecule has 3 rings (SSSR count). The Kier molecular flexibility index (Phi) is 4.33. The molecule has 1 aromatic heterocycles. The van der Waals surface area contributed by atoms with Crippen molar-refractivity contribution in [2.24, 2.45) is 0 Å². The summed E-state index contributed by atoms with van der Waals surface area (Å²) in [6.07, 6.45) is 1.58. The highest BCUT2D eigenvalue weighted by atomic mass is 16.5. The van der Waals surface area contributed by atoms with Gasteiger partial charge in [0.1, 0.15) is 5.75 Å². The maximum Gasteiger partial charge on any atom is 0.257 e. The van der Waals surface area contributed by atoms with E-state index in [1.807, 2.05) is 43.3 Å². The molecule has 0 saturated heterocycles. The van der Waals surface area contributed by atoms with Crippen LogP contribution in [0.1, 0.15) is 29.0 Å². The zero-order valence-electron chi connectivity index (χ0n) is 13.6. The van der Waals surface area contributed by atoms with E-state index in [1.54, 1.807) is 18.3 Å². The van der Waals surface area contributed by atoms with Gasteiger partial charge in [0, 0.05) is 18.5 Å². The van der Waals surface area contributed by atoms with Crippen LogP contribution in [-0.2, 0) is 0 Å². The highest BCUT2D eigenvalue weighted by Crippen LogP contribution is 2.26. The fourth-order valence-electron chi connectivity index (χ4n) is 2.66. The van der Waals surface area contributed by atoms with Crippen LogP contribution in [0.2, 0.25) is 0 Å². The normalized spacial score (nSPS) is 10.6. The Morgan fingerprint density at radius 2 is 1.79 bits per heavy atom. The number of hydrogen-bond donors (Lipinski definition) is 1. The second-order valence-electron chi connectivity index (χ2n) is 5.33. The number of benzene rings is 2. The van der Waals surface area contributed by atoms with E-state index in [1.165, 1.54) is 11.5 Å². The minimum Gasteiger partial charge on any atom is -0.492 e. The number of amides is 1. The second-order valence-corrected chi connectivity index (χ2v) is 5.33. The number of nitrogens with one attached hydrogen (secondary N) is 1. The van der Waals surface area contributed by atoms with Crippen LogP contribution in [0.4, 0.5) is 5.69 Å². The van der Waals surface area contributed by atoms with Gasteiger partial charge in [0.15, 0.2) is 0 Å². The standard InChI is InChI=1S/C19H18N2O3/c1-3-24-18-11-7-5-9-16(18)20-19(23)15-12-21(13(2)22)17-10-6-4-8-14(15)17/h4-12H,3H2,1-2H3,(H,20,23). The van der Waals surface area contributed by atoms with Gasteiger partial charge >= 0.3 is 0 Å². The molecule has 5 nitrogen and oxygen atoms in total. The first kappa shape index (κ1) is 15.8. The Morgan fingerprint density at radius 3 is 2.54 bits per heavy atom. The number of carbonyl (C=O) groups excluding carboxylic acids is 2. The number of ether oxygens (including phenoxy) is 1. The Balaban J connectivity index is 2.00. The SMILES string of the molecule is CCOc1ccccc1NC(=O)c1cn(C(C)=O)c2ccccc12. The molecule has 24 heavy (non-hydrogen) atoms. The average Bonchev–Trinajstić information content (AvgIpc) is 2.97. The quantitative estimate of drug-likeness (QED) is 0.791. The summed E-state index contributed by atoms with van der Waals surface area (Å²) in [7, 11) is 0.